The molecule has 11 heteroatoms. The fraction of sp³-hybridized carbons (Fsp3) is 0.375. The first kappa shape index (κ1) is 24.5. The van der Waals surface area contributed by atoms with Gasteiger partial charge in [0.25, 0.3) is 5.56 Å². The number of fused-ring (bicyclic) bond motifs is 1. The van der Waals surface area contributed by atoms with Crippen LogP contribution in [0.4, 0.5) is 11.6 Å². The van der Waals surface area contributed by atoms with Gasteiger partial charge >= 0.3 is 5.97 Å². The number of amides is 1. The number of pyridine rings is 1. The van der Waals surface area contributed by atoms with Gasteiger partial charge in [0.2, 0.25) is 11.9 Å². The number of carboxylic acids is 1. The van der Waals surface area contributed by atoms with Crippen molar-refractivity contribution in [1.82, 2.24) is 19.4 Å². The van der Waals surface area contributed by atoms with Crippen molar-refractivity contribution in [3.63, 3.8) is 0 Å². The van der Waals surface area contributed by atoms with Crippen molar-refractivity contribution in [3.05, 3.63) is 56.6 Å². The zero-order valence-electron chi connectivity index (χ0n) is 20.0. The predicted molar refractivity (Wildman–Crippen MR) is 134 cm³/mol. The van der Waals surface area contributed by atoms with Gasteiger partial charge in [0, 0.05) is 45.7 Å². The first-order valence-corrected chi connectivity index (χ1v) is 11.6. The van der Waals surface area contributed by atoms with E-state index in [2.05, 4.69) is 10.3 Å². The number of hydrogen-bond donors (Lipinski definition) is 2. The molecule has 1 fully saturated rings. The number of carbonyl (C=O) groups is 2. The maximum Gasteiger partial charge on any atom is 0.356 e. The molecule has 1 aliphatic rings. The van der Waals surface area contributed by atoms with E-state index in [1.54, 1.807) is 29.5 Å². The number of rotatable bonds is 5. The molecule has 1 aliphatic heterocycles. The van der Waals surface area contributed by atoms with Crippen molar-refractivity contribution in [2.75, 3.05) is 36.4 Å². The Bertz CT molecular complexity index is 1380. The molecule has 1 saturated heterocycles. The molecule has 4 rings (SSSR count). The first-order chi connectivity index (χ1) is 16.6. The van der Waals surface area contributed by atoms with E-state index in [0.717, 1.165) is 11.1 Å². The van der Waals surface area contributed by atoms with E-state index < -0.39 is 5.97 Å². The van der Waals surface area contributed by atoms with Crippen LogP contribution >= 0.6 is 11.6 Å². The summed E-state index contributed by atoms with van der Waals surface area (Å²) in [5.74, 6) is -0.641. The van der Waals surface area contributed by atoms with Gasteiger partial charge in [-0.25, -0.2) is 14.8 Å². The Labute approximate surface area is 207 Å². The second kappa shape index (κ2) is 9.53. The van der Waals surface area contributed by atoms with Crippen LogP contribution in [-0.2, 0) is 11.8 Å². The molecule has 2 N–H and O–H groups in total. The number of aryl methyl sites for hydroxylation is 1. The molecule has 10 nitrogen and oxygen atoms in total. The fourth-order valence-electron chi connectivity index (χ4n) is 4.40. The lowest BCUT2D eigenvalue weighted by molar-refractivity contribution is -0.129. The SMILES string of the molecule is CC(=O)N1CCN(c2nc3c(C(C)Nc4ccc(Cl)nc4C(=O)O)cc(C)cc3c(=O)n2C)CC1. The predicted octanol–water partition coefficient (Wildman–Crippen LogP) is 2.83. The molecule has 1 amide bonds. The lowest BCUT2D eigenvalue weighted by atomic mass is 10.0. The number of piperazine rings is 1. The first-order valence-electron chi connectivity index (χ1n) is 11.2. The van der Waals surface area contributed by atoms with Gasteiger partial charge in [0.1, 0.15) is 5.15 Å². The van der Waals surface area contributed by atoms with Crippen molar-refractivity contribution in [2.24, 2.45) is 7.05 Å². The third-order valence-electron chi connectivity index (χ3n) is 6.24. The normalized spacial score (nSPS) is 14.8. The molecule has 0 aliphatic carbocycles. The Morgan fingerprint density at radius 3 is 2.46 bits per heavy atom. The summed E-state index contributed by atoms with van der Waals surface area (Å²) in [4.78, 5) is 49.3. The Morgan fingerprint density at radius 1 is 1.14 bits per heavy atom. The minimum absolute atomic E-state index is 0.0279. The van der Waals surface area contributed by atoms with Crippen LogP contribution in [0.5, 0.6) is 0 Å². The van der Waals surface area contributed by atoms with Crippen molar-refractivity contribution < 1.29 is 14.7 Å². The van der Waals surface area contributed by atoms with E-state index in [1.807, 2.05) is 30.9 Å². The van der Waals surface area contributed by atoms with Crippen LogP contribution in [0.25, 0.3) is 10.9 Å². The minimum atomic E-state index is -1.20. The number of carbonyl (C=O) groups excluding carboxylic acids is 1. The van der Waals surface area contributed by atoms with Crippen LogP contribution in [0.1, 0.15) is 41.5 Å². The molecule has 1 atom stereocenters. The number of halogens is 1. The van der Waals surface area contributed by atoms with Gasteiger partial charge in [-0.3, -0.25) is 14.2 Å². The standard InChI is InChI=1S/C24H27ClN6O4/c1-13-11-16(14(2)26-18-5-6-19(25)27-21(18)23(34)35)20-17(12-13)22(33)29(4)24(28-20)31-9-7-30(8-10-31)15(3)32/h5-6,11-12,14,26H,7-10H2,1-4H3,(H,34,35). The molecule has 0 spiro atoms. The molecular formula is C24H27ClN6O4. The molecule has 1 unspecified atom stereocenters. The van der Waals surface area contributed by atoms with E-state index in [-0.39, 0.29) is 28.4 Å². The average Bonchev–Trinajstić information content (AvgIpc) is 2.82. The second-order valence-electron chi connectivity index (χ2n) is 8.72. The van der Waals surface area contributed by atoms with Crippen molar-refractivity contribution in [1.29, 1.82) is 0 Å². The van der Waals surface area contributed by atoms with Crippen LogP contribution < -0.4 is 15.8 Å². The quantitative estimate of drug-likeness (QED) is 0.515. The summed E-state index contributed by atoms with van der Waals surface area (Å²) in [7, 11) is 1.70. The van der Waals surface area contributed by atoms with Crippen LogP contribution in [-0.4, -0.2) is 62.6 Å². The zero-order valence-corrected chi connectivity index (χ0v) is 20.8. The number of nitrogens with one attached hydrogen (secondary N) is 1. The molecule has 3 heterocycles. The number of nitrogens with zero attached hydrogens (tertiary/aromatic N) is 5. The maximum absolute atomic E-state index is 13.3. The number of anilines is 2. The Hall–Kier alpha value is -3.66. The molecule has 0 bridgehead atoms. The fourth-order valence-corrected chi connectivity index (χ4v) is 4.55. The van der Waals surface area contributed by atoms with Crippen molar-refractivity contribution >= 4 is 46.0 Å². The molecule has 2 aromatic heterocycles. The second-order valence-corrected chi connectivity index (χ2v) is 9.11. The van der Waals surface area contributed by atoms with Crippen LogP contribution in [0, 0.1) is 6.92 Å². The highest BCUT2D eigenvalue weighted by atomic mass is 35.5. The third-order valence-corrected chi connectivity index (χ3v) is 6.45. The van der Waals surface area contributed by atoms with Gasteiger partial charge in [-0.1, -0.05) is 17.7 Å². The summed E-state index contributed by atoms with van der Waals surface area (Å²) in [6.45, 7) is 7.58. The van der Waals surface area contributed by atoms with E-state index >= 15 is 0 Å². The summed E-state index contributed by atoms with van der Waals surface area (Å²) in [6, 6.07) is 6.45. The Morgan fingerprint density at radius 2 is 1.83 bits per heavy atom. The highest BCUT2D eigenvalue weighted by Gasteiger charge is 2.24. The maximum atomic E-state index is 13.3. The number of hydrogen-bond acceptors (Lipinski definition) is 7. The summed E-state index contributed by atoms with van der Waals surface area (Å²) in [5, 5.41) is 13.3. The molecule has 35 heavy (non-hydrogen) atoms. The monoisotopic (exact) mass is 498 g/mol. The highest BCUT2D eigenvalue weighted by molar-refractivity contribution is 6.29. The molecule has 0 saturated carbocycles. The summed E-state index contributed by atoms with van der Waals surface area (Å²) in [6.07, 6.45) is 0. The molecular weight excluding hydrogens is 472 g/mol. The van der Waals surface area contributed by atoms with E-state index in [0.29, 0.717) is 48.7 Å². The number of benzene rings is 1. The Kier molecular flexibility index (Phi) is 6.66. The van der Waals surface area contributed by atoms with Gasteiger partial charge in [-0.15, -0.1) is 0 Å². The van der Waals surface area contributed by atoms with Gasteiger partial charge in [0.05, 0.1) is 22.6 Å². The minimum Gasteiger partial charge on any atom is -0.476 e. The lowest BCUT2D eigenvalue weighted by Crippen LogP contribution is -2.49. The van der Waals surface area contributed by atoms with E-state index in [9.17, 15) is 19.5 Å². The molecule has 1 aromatic carbocycles. The van der Waals surface area contributed by atoms with Crippen molar-refractivity contribution in [3.8, 4) is 0 Å². The van der Waals surface area contributed by atoms with Gasteiger partial charge in [-0.2, -0.15) is 0 Å². The summed E-state index contributed by atoms with van der Waals surface area (Å²) < 4.78 is 1.54. The smallest absolute Gasteiger partial charge is 0.356 e. The van der Waals surface area contributed by atoms with Gasteiger partial charge in [0.15, 0.2) is 5.69 Å². The Balaban J connectivity index is 1.77. The zero-order chi connectivity index (χ0) is 25.4. The van der Waals surface area contributed by atoms with Crippen LogP contribution in [0.3, 0.4) is 0 Å². The molecule has 0 radical (unpaired) electrons. The third kappa shape index (κ3) is 4.79. The molecule has 184 valence electrons. The van der Waals surface area contributed by atoms with Gasteiger partial charge in [-0.05, 0) is 37.6 Å². The summed E-state index contributed by atoms with van der Waals surface area (Å²) in [5.41, 5.74) is 2.14. The largest absolute Gasteiger partial charge is 0.476 e. The van der Waals surface area contributed by atoms with Gasteiger partial charge < -0.3 is 20.2 Å². The molecule has 3 aromatic rings. The average molecular weight is 499 g/mol. The van der Waals surface area contributed by atoms with E-state index in [4.69, 9.17) is 16.6 Å². The number of aromatic nitrogens is 3. The van der Waals surface area contributed by atoms with Crippen LogP contribution in [0.2, 0.25) is 5.15 Å². The van der Waals surface area contributed by atoms with Crippen molar-refractivity contribution in [2.45, 2.75) is 26.8 Å². The van der Waals surface area contributed by atoms with E-state index in [1.165, 1.54) is 6.07 Å². The number of aromatic carboxylic acids is 1. The summed E-state index contributed by atoms with van der Waals surface area (Å²) >= 11 is 5.89. The number of carboxylic acid groups (broad SMARTS) is 1. The topological polar surface area (TPSA) is 121 Å². The lowest BCUT2D eigenvalue weighted by Gasteiger charge is -2.35. The van der Waals surface area contributed by atoms with Crippen LogP contribution in [0.15, 0.2) is 29.1 Å². The highest BCUT2D eigenvalue weighted by Crippen LogP contribution is 2.29.